The first-order chi connectivity index (χ1) is 14.4. The van der Waals surface area contributed by atoms with Crippen molar-refractivity contribution in [3.05, 3.63) is 12.2 Å². The summed E-state index contributed by atoms with van der Waals surface area (Å²) in [5, 5.41) is 0. The zero-order valence-corrected chi connectivity index (χ0v) is 20.3. The number of hydrogen-bond donors (Lipinski definition) is 0. The second kappa shape index (κ2) is 15.9. The molecule has 30 heavy (non-hydrogen) atoms. The summed E-state index contributed by atoms with van der Waals surface area (Å²) in [6.07, 6.45) is 21.5. The second-order valence-corrected chi connectivity index (χ2v) is 9.87. The average Bonchev–Trinajstić information content (AvgIpc) is 2.72. The second-order valence-electron chi connectivity index (χ2n) is 9.87. The molecule has 1 heterocycles. The molecule has 0 amide bonds. The maximum absolute atomic E-state index is 11.9. The zero-order chi connectivity index (χ0) is 22.1. The van der Waals surface area contributed by atoms with Crippen molar-refractivity contribution in [2.75, 3.05) is 19.8 Å². The van der Waals surface area contributed by atoms with Crippen LogP contribution in [-0.2, 0) is 19.0 Å². The Morgan fingerprint density at radius 1 is 0.800 bits per heavy atom. The van der Waals surface area contributed by atoms with Crippen molar-refractivity contribution in [1.82, 2.24) is 0 Å². The molecule has 176 valence electrons. The summed E-state index contributed by atoms with van der Waals surface area (Å²) in [5.41, 5.74) is 0.0210. The van der Waals surface area contributed by atoms with Gasteiger partial charge in [-0.05, 0) is 39.0 Å². The van der Waals surface area contributed by atoms with Crippen LogP contribution in [0.4, 0.5) is 0 Å². The van der Waals surface area contributed by atoms with Crippen molar-refractivity contribution < 1.29 is 19.0 Å². The van der Waals surface area contributed by atoms with Crippen LogP contribution in [-0.4, -0.2) is 31.6 Å². The molecule has 1 fully saturated rings. The quantitative estimate of drug-likeness (QED) is 0.139. The third-order valence-corrected chi connectivity index (χ3v) is 5.67. The van der Waals surface area contributed by atoms with E-state index < -0.39 is 5.79 Å². The van der Waals surface area contributed by atoms with Gasteiger partial charge in [0.2, 0.25) is 0 Å². The fourth-order valence-electron chi connectivity index (χ4n) is 3.49. The van der Waals surface area contributed by atoms with Crippen LogP contribution in [0.15, 0.2) is 12.2 Å². The van der Waals surface area contributed by atoms with Crippen LogP contribution in [0.25, 0.3) is 0 Å². The molecule has 0 bridgehead atoms. The lowest BCUT2D eigenvalue weighted by Crippen LogP contribution is -2.48. The summed E-state index contributed by atoms with van der Waals surface area (Å²) < 4.78 is 16.9. The number of carbonyl (C=O) groups excluding carboxylic acids is 1. The van der Waals surface area contributed by atoms with Gasteiger partial charge in [0.15, 0.2) is 5.79 Å². The molecule has 1 aliphatic heterocycles. The number of rotatable bonds is 17. The lowest BCUT2D eigenvalue weighted by Gasteiger charge is -2.40. The maximum atomic E-state index is 11.9. The van der Waals surface area contributed by atoms with E-state index in [2.05, 4.69) is 32.9 Å². The Kier molecular flexibility index (Phi) is 14.4. The van der Waals surface area contributed by atoms with Crippen LogP contribution < -0.4 is 0 Å². The molecule has 0 aromatic carbocycles. The summed E-state index contributed by atoms with van der Waals surface area (Å²) in [6, 6.07) is 0. The van der Waals surface area contributed by atoms with Gasteiger partial charge in [0.05, 0.1) is 13.2 Å². The van der Waals surface area contributed by atoms with E-state index in [4.69, 9.17) is 14.2 Å². The Balaban J connectivity index is 1.88. The van der Waals surface area contributed by atoms with E-state index >= 15 is 0 Å². The molecule has 1 rings (SSSR count). The molecule has 0 aliphatic carbocycles. The lowest BCUT2D eigenvalue weighted by atomic mass is 9.95. The molecule has 0 atom stereocenters. The highest BCUT2D eigenvalue weighted by molar-refractivity contribution is 5.69. The van der Waals surface area contributed by atoms with Crippen molar-refractivity contribution in [3.8, 4) is 0 Å². The first-order valence-electron chi connectivity index (χ1n) is 12.5. The summed E-state index contributed by atoms with van der Waals surface area (Å²) in [5.74, 6) is -0.945. The highest BCUT2D eigenvalue weighted by atomic mass is 16.7. The summed E-state index contributed by atoms with van der Waals surface area (Å²) >= 11 is 0. The van der Waals surface area contributed by atoms with Gasteiger partial charge in [-0.1, -0.05) is 84.3 Å². The Hall–Kier alpha value is -0.870. The molecule has 4 heteroatoms. The van der Waals surface area contributed by atoms with Gasteiger partial charge < -0.3 is 14.2 Å². The highest BCUT2D eigenvalue weighted by Gasteiger charge is 2.37. The van der Waals surface area contributed by atoms with Gasteiger partial charge in [-0.15, -0.1) is 0 Å². The van der Waals surface area contributed by atoms with Crippen LogP contribution in [0.2, 0.25) is 0 Å². The van der Waals surface area contributed by atoms with Crippen LogP contribution in [0.3, 0.4) is 0 Å². The van der Waals surface area contributed by atoms with Crippen LogP contribution in [0, 0.1) is 5.41 Å². The van der Waals surface area contributed by atoms with Gasteiger partial charge in [-0.25, -0.2) is 0 Å². The van der Waals surface area contributed by atoms with Gasteiger partial charge in [0, 0.05) is 11.8 Å². The van der Waals surface area contributed by atoms with Crippen molar-refractivity contribution >= 4 is 5.97 Å². The van der Waals surface area contributed by atoms with Crippen LogP contribution >= 0.6 is 0 Å². The zero-order valence-electron chi connectivity index (χ0n) is 20.3. The predicted molar refractivity (Wildman–Crippen MR) is 125 cm³/mol. The van der Waals surface area contributed by atoms with Crippen molar-refractivity contribution in [1.29, 1.82) is 0 Å². The predicted octanol–water partition coefficient (Wildman–Crippen LogP) is 7.36. The van der Waals surface area contributed by atoms with Crippen molar-refractivity contribution in [2.24, 2.45) is 5.41 Å². The average molecular weight is 425 g/mol. The van der Waals surface area contributed by atoms with E-state index in [0.29, 0.717) is 19.6 Å². The number of unbranched alkanes of at least 4 members (excludes halogenated alkanes) is 11. The first-order valence-corrected chi connectivity index (χ1v) is 12.5. The fraction of sp³-hybridized carbons (Fsp3) is 0.885. The Morgan fingerprint density at radius 3 is 1.87 bits per heavy atom. The topological polar surface area (TPSA) is 44.8 Å². The lowest BCUT2D eigenvalue weighted by molar-refractivity contribution is -0.303. The molecule has 0 unspecified atom stereocenters. The Morgan fingerprint density at radius 2 is 1.30 bits per heavy atom. The minimum absolute atomic E-state index is 0.0210. The molecule has 0 N–H and O–H groups in total. The normalized spacial score (nSPS) is 18.0. The third kappa shape index (κ3) is 14.2. The van der Waals surface area contributed by atoms with Crippen molar-refractivity contribution in [3.63, 3.8) is 0 Å². The van der Waals surface area contributed by atoms with Crippen molar-refractivity contribution in [2.45, 2.75) is 123 Å². The van der Waals surface area contributed by atoms with Gasteiger partial charge in [-0.2, -0.15) is 0 Å². The molecular formula is C26H48O4. The van der Waals surface area contributed by atoms with E-state index in [1.807, 2.05) is 6.92 Å². The molecule has 1 saturated heterocycles. The van der Waals surface area contributed by atoms with E-state index in [1.165, 1.54) is 70.6 Å². The van der Waals surface area contributed by atoms with Crippen LogP contribution in [0.5, 0.6) is 0 Å². The molecule has 4 nitrogen and oxygen atoms in total. The smallest absolute Gasteiger partial charge is 0.305 e. The fourth-order valence-corrected chi connectivity index (χ4v) is 3.49. The maximum Gasteiger partial charge on any atom is 0.305 e. The molecule has 1 aliphatic rings. The summed E-state index contributed by atoms with van der Waals surface area (Å²) in [4.78, 5) is 11.9. The monoisotopic (exact) mass is 424 g/mol. The molecule has 0 aromatic rings. The van der Waals surface area contributed by atoms with E-state index in [1.54, 1.807) is 0 Å². The molecule has 0 aromatic heterocycles. The van der Waals surface area contributed by atoms with Crippen LogP contribution in [0.1, 0.15) is 118 Å². The summed E-state index contributed by atoms with van der Waals surface area (Å²) in [7, 11) is 0. The minimum Gasteiger partial charge on any atom is -0.460 e. The van der Waals surface area contributed by atoms with Gasteiger partial charge in [-0.3, -0.25) is 4.79 Å². The largest absolute Gasteiger partial charge is 0.460 e. The number of hydrogen-bond acceptors (Lipinski definition) is 4. The molecular weight excluding hydrogens is 376 g/mol. The molecule has 0 radical (unpaired) electrons. The number of ether oxygens (including phenoxy) is 3. The number of carbonyl (C=O) groups is 1. The molecule has 0 spiro atoms. The van der Waals surface area contributed by atoms with Gasteiger partial charge >= 0.3 is 5.97 Å². The summed E-state index contributed by atoms with van der Waals surface area (Å²) in [6.45, 7) is 9.73. The van der Waals surface area contributed by atoms with Gasteiger partial charge in [0.1, 0.15) is 6.61 Å². The standard InChI is InChI=1S/C26H48O4/c1-5-6-7-8-9-10-11-12-13-14-15-16-17-18-19-20-24(27)28-23-26(4)29-21-25(2,3)22-30-26/h12-13H,5-11,14-23H2,1-4H3/b13-12-. The van der Waals surface area contributed by atoms with E-state index in [9.17, 15) is 4.79 Å². The van der Waals surface area contributed by atoms with E-state index in [0.717, 1.165) is 12.8 Å². The minimum atomic E-state index is -0.798. The van der Waals surface area contributed by atoms with E-state index in [-0.39, 0.29) is 18.0 Å². The third-order valence-electron chi connectivity index (χ3n) is 5.67. The molecule has 0 saturated carbocycles. The first kappa shape index (κ1) is 27.2. The Bertz CT molecular complexity index is 460. The SMILES string of the molecule is CCCCCCCC/C=C\CCCCCCCC(=O)OCC1(C)OCC(C)(C)CO1. The highest BCUT2D eigenvalue weighted by Crippen LogP contribution is 2.29. The van der Waals surface area contributed by atoms with Gasteiger partial charge in [0.25, 0.3) is 0 Å². The Labute approximate surface area is 186 Å². The number of esters is 1. The number of allylic oxidation sites excluding steroid dienone is 2.